The number of amides is 1. The van der Waals surface area contributed by atoms with Gasteiger partial charge in [-0.2, -0.15) is 0 Å². The molecule has 0 heterocycles. The van der Waals surface area contributed by atoms with Crippen LogP contribution in [0.15, 0.2) is 18.2 Å². The van der Waals surface area contributed by atoms with Crippen molar-refractivity contribution in [1.29, 1.82) is 0 Å². The average Bonchev–Trinajstić information content (AvgIpc) is 2.44. The van der Waals surface area contributed by atoms with Gasteiger partial charge in [0, 0.05) is 17.2 Å². The predicted molar refractivity (Wildman–Crippen MR) is 80.8 cm³/mol. The second-order valence-corrected chi connectivity index (χ2v) is 5.45. The van der Waals surface area contributed by atoms with Gasteiger partial charge in [-0.3, -0.25) is 14.9 Å². The molecule has 0 aliphatic rings. The van der Waals surface area contributed by atoms with Crippen molar-refractivity contribution in [2.24, 2.45) is 5.92 Å². The van der Waals surface area contributed by atoms with Gasteiger partial charge in [-0.15, -0.1) is 0 Å². The van der Waals surface area contributed by atoms with Crippen molar-refractivity contribution >= 4 is 17.6 Å². The topological polar surface area (TPSA) is 110 Å². The molecule has 0 aliphatic carbocycles. The Kier molecular flexibility index (Phi) is 6.03. The monoisotopic (exact) mass is 308 g/mol. The molecule has 1 atom stereocenters. The zero-order valence-electron chi connectivity index (χ0n) is 12.8. The van der Waals surface area contributed by atoms with E-state index >= 15 is 0 Å². The number of aryl methyl sites for hydroxylation is 1. The highest BCUT2D eigenvalue weighted by atomic mass is 16.6. The highest BCUT2D eigenvalue weighted by Gasteiger charge is 2.23. The molecule has 7 heteroatoms. The summed E-state index contributed by atoms with van der Waals surface area (Å²) >= 11 is 0. The van der Waals surface area contributed by atoms with Gasteiger partial charge in [-0.05, 0) is 24.8 Å². The van der Waals surface area contributed by atoms with Crippen LogP contribution in [0, 0.1) is 16.0 Å². The molecule has 22 heavy (non-hydrogen) atoms. The minimum atomic E-state index is -1.12. The zero-order chi connectivity index (χ0) is 16.9. The van der Waals surface area contributed by atoms with E-state index in [1.807, 2.05) is 13.8 Å². The number of aliphatic carboxylic acids is 1. The highest BCUT2D eigenvalue weighted by molar-refractivity contribution is 5.97. The summed E-state index contributed by atoms with van der Waals surface area (Å²) in [5.41, 5.74) is 0.475. The number of carbonyl (C=O) groups excluding carboxylic acids is 1. The van der Waals surface area contributed by atoms with Crippen molar-refractivity contribution in [1.82, 2.24) is 5.32 Å². The minimum Gasteiger partial charge on any atom is -0.480 e. The molecule has 120 valence electrons. The van der Waals surface area contributed by atoms with Gasteiger partial charge in [0.15, 0.2) is 0 Å². The quantitative estimate of drug-likeness (QED) is 0.593. The Balaban J connectivity index is 3.00. The summed E-state index contributed by atoms with van der Waals surface area (Å²) in [6.07, 6.45) is 0.763. The van der Waals surface area contributed by atoms with Crippen LogP contribution in [0.4, 0.5) is 5.69 Å². The molecule has 0 radical (unpaired) electrons. The first-order valence-corrected chi connectivity index (χ1v) is 7.07. The van der Waals surface area contributed by atoms with Crippen molar-refractivity contribution in [3.63, 3.8) is 0 Å². The third-order valence-electron chi connectivity index (χ3n) is 3.24. The molecule has 0 aliphatic heterocycles. The fourth-order valence-corrected chi connectivity index (χ4v) is 2.11. The van der Waals surface area contributed by atoms with E-state index in [9.17, 15) is 19.7 Å². The molecule has 0 aromatic heterocycles. The van der Waals surface area contributed by atoms with Crippen molar-refractivity contribution in [3.05, 3.63) is 39.4 Å². The molecule has 7 nitrogen and oxygen atoms in total. The molecular formula is C15H20N2O5. The van der Waals surface area contributed by atoms with E-state index in [0.29, 0.717) is 12.0 Å². The van der Waals surface area contributed by atoms with Gasteiger partial charge in [0.05, 0.1) is 4.92 Å². The lowest BCUT2D eigenvalue weighted by atomic mass is 10.0. The van der Waals surface area contributed by atoms with Crippen molar-refractivity contribution < 1.29 is 19.6 Å². The Morgan fingerprint density at radius 3 is 2.45 bits per heavy atom. The largest absolute Gasteiger partial charge is 0.480 e. The Hall–Kier alpha value is -2.44. The van der Waals surface area contributed by atoms with Gasteiger partial charge in [-0.25, -0.2) is 4.79 Å². The number of nitrogens with one attached hydrogen (secondary N) is 1. The lowest BCUT2D eigenvalue weighted by Gasteiger charge is -2.16. The third kappa shape index (κ3) is 4.54. The van der Waals surface area contributed by atoms with Crippen LogP contribution < -0.4 is 5.32 Å². The highest BCUT2D eigenvalue weighted by Crippen LogP contribution is 2.21. The smallest absolute Gasteiger partial charge is 0.326 e. The fraction of sp³-hybridized carbons (Fsp3) is 0.467. The van der Waals surface area contributed by atoms with Crippen molar-refractivity contribution in [2.75, 3.05) is 0 Å². The Morgan fingerprint density at radius 2 is 2.00 bits per heavy atom. The zero-order valence-corrected chi connectivity index (χ0v) is 12.8. The van der Waals surface area contributed by atoms with Crippen LogP contribution in [-0.4, -0.2) is 27.9 Å². The van der Waals surface area contributed by atoms with E-state index in [0.717, 1.165) is 0 Å². The summed E-state index contributed by atoms with van der Waals surface area (Å²) < 4.78 is 0. The number of hydrogen-bond acceptors (Lipinski definition) is 4. The fourth-order valence-electron chi connectivity index (χ4n) is 2.11. The summed E-state index contributed by atoms with van der Waals surface area (Å²) in [6, 6.07) is 3.15. The second-order valence-electron chi connectivity index (χ2n) is 5.45. The van der Waals surface area contributed by atoms with Crippen LogP contribution in [0.5, 0.6) is 0 Å². The molecule has 1 amide bonds. The Morgan fingerprint density at radius 1 is 1.36 bits per heavy atom. The Bertz CT molecular complexity index is 583. The van der Waals surface area contributed by atoms with Crippen molar-refractivity contribution in [2.45, 2.75) is 39.7 Å². The summed E-state index contributed by atoms with van der Waals surface area (Å²) in [5, 5.41) is 22.5. The molecule has 0 saturated heterocycles. The van der Waals surface area contributed by atoms with Gasteiger partial charge < -0.3 is 10.4 Å². The number of carboxylic acid groups (broad SMARTS) is 1. The second kappa shape index (κ2) is 7.53. The van der Waals surface area contributed by atoms with E-state index in [-0.39, 0.29) is 23.6 Å². The van der Waals surface area contributed by atoms with Gasteiger partial charge in [-0.1, -0.05) is 26.8 Å². The normalized spacial score (nSPS) is 12.0. The molecule has 0 bridgehead atoms. The van der Waals surface area contributed by atoms with E-state index in [1.165, 1.54) is 18.2 Å². The summed E-state index contributed by atoms with van der Waals surface area (Å²) in [4.78, 5) is 33.7. The first kappa shape index (κ1) is 17.6. The van der Waals surface area contributed by atoms with Crippen LogP contribution in [-0.2, 0) is 11.2 Å². The molecule has 0 fully saturated rings. The molecule has 0 spiro atoms. The maximum absolute atomic E-state index is 12.1. The number of rotatable bonds is 7. The van der Waals surface area contributed by atoms with Crippen LogP contribution in [0.2, 0.25) is 0 Å². The van der Waals surface area contributed by atoms with Crippen molar-refractivity contribution in [3.8, 4) is 0 Å². The van der Waals surface area contributed by atoms with Crippen LogP contribution in [0.25, 0.3) is 0 Å². The summed E-state index contributed by atoms with van der Waals surface area (Å²) in [5.74, 6) is -1.65. The van der Waals surface area contributed by atoms with Crippen LogP contribution >= 0.6 is 0 Å². The van der Waals surface area contributed by atoms with Gasteiger partial charge in [0.25, 0.3) is 11.6 Å². The third-order valence-corrected chi connectivity index (χ3v) is 3.24. The summed E-state index contributed by atoms with van der Waals surface area (Å²) in [7, 11) is 0. The van der Waals surface area contributed by atoms with Gasteiger partial charge >= 0.3 is 5.97 Å². The molecule has 1 aromatic rings. The standard InChI is InChI=1S/C15H20N2O5/c1-4-10-5-6-11(8-13(10)17(21)22)14(18)16-12(15(19)20)7-9(2)3/h5-6,8-9,12H,4,7H2,1-3H3,(H,16,18)(H,19,20)/t12-/m0/s1. The number of carboxylic acids is 1. The SMILES string of the molecule is CCc1ccc(C(=O)N[C@@H](CC(C)C)C(=O)O)cc1[N+](=O)[O-]. The van der Waals surface area contributed by atoms with Gasteiger partial charge in [0.1, 0.15) is 6.04 Å². The van der Waals surface area contributed by atoms with E-state index in [1.54, 1.807) is 6.92 Å². The first-order valence-electron chi connectivity index (χ1n) is 7.07. The number of nitro groups is 1. The number of hydrogen-bond donors (Lipinski definition) is 2. The molecular weight excluding hydrogens is 288 g/mol. The number of carbonyl (C=O) groups is 2. The molecule has 1 rings (SSSR count). The predicted octanol–water partition coefficient (Wildman–Crippen LogP) is 2.39. The average molecular weight is 308 g/mol. The maximum Gasteiger partial charge on any atom is 0.326 e. The maximum atomic E-state index is 12.1. The van der Waals surface area contributed by atoms with E-state index in [2.05, 4.69) is 5.32 Å². The van der Waals surface area contributed by atoms with E-state index < -0.39 is 22.8 Å². The molecule has 0 unspecified atom stereocenters. The Labute approximate surface area is 128 Å². The van der Waals surface area contributed by atoms with Gasteiger partial charge in [0.2, 0.25) is 0 Å². The number of nitro benzene ring substituents is 1. The minimum absolute atomic E-state index is 0.0823. The van der Waals surface area contributed by atoms with E-state index in [4.69, 9.17) is 5.11 Å². The molecule has 2 N–H and O–H groups in total. The first-order chi connectivity index (χ1) is 10.3. The number of benzene rings is 1. The molecule has 1 aromatic carbocycles. The number of nitrogens with zero attached hydrogens (tertiary/aromatic N) is 1. The lowest BCUT2D eigenvalue weighted by molar-refractivity contribution is -0.385. The molecule has 0 saturated carbocycles. The van der Waals surface area contributed by atoms with Crippen LogP contribution in [0.1, 0.15) is 43.1 Å². The van der Waals surface area contributed by atoms with Crippen LogP contribution in [0.3, 0.4) is 0 Å². The summed E-state index contributed by atoms with van der Waals surface area (Å²) in [6.45, 7) is 5.48. The lowest BCUT2D eigenvalue weighted by Crippen LogP contribution is -2.41.